The lowest BCUT2D eigenvalue weighted by Gasteiger charge is -2.17. The van der Waals surface area contributed by atoms with Crippen LogP contribution in [0.15, 0.2) is 4.60 Å². The summed E-state index contributed by atoms with van der Waals surface area (Å²) in [6, 6.07) is -0.201. The van der Waals surface area contributed by atoms with Gasteiger partial charge in [-0.1, -0.05) is 5.21 Å². The average molecular weight is 314 g/mol. The Kier molecular flexibility index (Phi) is 3.51. The summed E-state index contributed by atoms with van der Waals surface area (Å²) >= 11 is 3.39. The fourth-order valence-electron chi connectivity index (χ4n) is 2.15. The molecule has 2 aromatic heterocycles. The molecule has 98 valence electrons. The van der Waals surface area contributed by atoms with Gasteiger partial charge in [-0.2, -0.15) is 5.10 Å². The zero-order chi connectivity index (χ0) is 13.4. The monoisotopic (exact) mass is 313 g/mol. The molecule has 3 N–H and O–H groups in total. The maximum Gasteiger partial charge on any atom is 0.153 e. The predicted octanol–water partition coefficient (Wildman–Crippen LogP) is 0.481. The third kappa shape index (κ3) is 1.96. The molecule has 0 amide bonds. The van der Waals surface area contributed by atoms with Crippen molar-refractivity contribution in [2.75, 3.05) is 0 Å². The van der Waals surface area contributed by atoms with E-state index in [0.717, 1.165) is 22.6 Å². The number of nitrogens with zero attached hydrogens (tertiary/aromatic N) is 5. The van der Waals surface area contributed by atoms with Crippen LogP contribution in [0.4, 0.5) is 0 Å². The highest BCUT2D eigenvalue weighted by atomic mass is 79.9. The summed E-state index contributed by atoms with van der Waals surface area (Å²) in [7, 11) is 3.74. The Balaban J connectivity index is 2.59. The molecule has 0 radical (unpaired) electrons. The van der Waals surface area contributed by atoms with Crippen LogP contribution >= 0.6 is 15.9 Å². The third-order valence-corrected chi connectivity index (χ3v) is 3.69. The third-order valence-electron chi connectivity index (χ3n) is 3.12. The highest BCUT2D eigenvalue weighted by Gasteiger charge is 2.26. The standard InChI is InChI=1S/C10H16BrN7/c1-5-7(6(2)17(3)15-5)8(13-12)9-10(11)14-16-18(9)4/h8,13H,12H2,1-4H3. The molecule has 0 bridgehead atoms. The SMILES string of the molecule is Cc1nn(C)c(C)c1C(NN)c1c(Br)nnn1C. The topological polar surface area (TPSA) is 86.6 Å². The number of nitrogens with one attached hydrogen (secondary N) is 1. The molecular weight excluding hydrogens is 298 g/mol. The summed E-state index contributed by atoms with van der Waals surface area (Å²) in [6.07, 6.45) is 0. The lowest BCUT2D eigenvalue weighted by atomic mass is 10.0. The van der Waals surface area contributed by atoms with Crippen LogP contribution in [0.3, 0.4) is 0 Å². The molecule has 0 aromatic carbocycles. The van der Waals surface area contributed by atoms with E-state index in [0.29, 0.717) is 4.60 Å². The summed E-state index contributed by atoms with van der Waals surface area (Å²) in [5, 5.41) is 12.4. The lowest BCUT2D eigenvalue weighted by Crippen LogP contribution is -2.31. The highest BCUT2D eigenvalue weighted by Crippen LogP contribution is 2.29. The molecule has 0 aliphatic heterocycles. The predicted molar refractivity (Wildman–Crippen MR) is 70.6 cm³/mol. The van der Waals surface area contributed by atoms with E-state index in [4.69, 9.17) is 5.84 Å². The molecule has 0 saturated carbocycles. The molecule has 0 spiro atoms. The number of rotatable bonds is 3. The summed E-state index contributed by atoms with van der Waals surface area (Å²) < 4.78 is 4.21. The smallest absolute Gasteiger partial charge is 0.153 e. The van der Waals surface area contributed by atoms with Gasteiger partial charge in [-0.05, 0) is 29.8 Å². The molecule has 1 unspecified atom stereocenters. The summed E-state index contributed by atoms with van der Waals surface area (Å²) in [4.78, 5) is 0. The molecule has 7 nitrogen and oxygen atoms in total. The van der Waals surface area contributed by atoms with Crippen LogP contribution in [0.5, 0.6) is 0 Å². The second kappa shape index (κ2) is 4.79. The Hall–Kier alpha value is -1.25. The van der Waals surface area contributed by atoms with Crippen molar-refractivity contribution in [1.82, 2.24) is 30.2 Å². The number of aromatic nitrogens is 5. The van der Waals surface area contributed by atoms with E-state index in [1.54, 1.807) is 4.68 Å². The number of aryl methyl sites for hydroxylation is 3. The van der Waals surface area contributed by atoms with Crippen molar-refractivity contribution < 1.29 is 0 Å². The van der Waals surface area contributed by atoms with E-state index < -0.39 is 0 Å². The van der Waals surface area contributed by atoms with Gasteiger partial charge in [0.25, 0.3) is 0 Å². The molecule has 18 heavy (non-hydrogen) atoms. The minimum atomic E-state index is -0.201. The van der Waals surface area contributed by atoms with Gasteiger partial charge < -0.3 is 0 Å². The maximum atomic E-state index is 5.70. The van der Waals surface area contributed by atoms with Crippen molar-refractivity contribution in [2.45, 2.75) is 19.9 Å². The molecule has 0 aliphatic rings. The van der Waals surface area contributed by atoms with Crippen LogP contribution < -0.4 is 11.3 Å². The zero-order valence-corrected chi connectivity index (χ0v) is 12.4. The van der Waals surface area contributed by atoms with Gasteiger partial charge in [-0.3, -0.25) is 10.5 Å². The lowest BCUT2D eigenvalue weighted by molar-refractivity contribution is 0.564. The molecule has 0 aliphatic carbocycles. The first kappa shape index (κ1) is 13.2. The van der Waals surface area contributed by atoms with Crippen LogP contribution in [0.1, 0.15) is 28.7 Å². The van der Waals surface area contributed by atoms with E-state index in [1.807, 2.05) is 32.6 Å². The van der Waals surface area contributed by atoms with Crippen molar-refractivity contribution >= 4 is 15.9 Å². The molecule has 0 fully saturated rings. The number of hydrazine groups is 1. The molecule has 0 saturated heterocycles. The van der Waals surface area contributed by atoms with E-state index in [9.17, 15) is 0 Å². The van der Waals surface area contributed by atoms with E-state index >= 15 is 0 Å². The Morgan fingerprint density at radius 3 is 2.33 bits per heavy atom. The normalized spacial score (nSPS) is 13.0. The minimum absolute atomic E-state index is 0.201. The van der Waals surface area contributed by atoms with Crippen molar-refractivity contribution in [3.63, 3.8) is 0 Å². The number of hydrogen-bond acceptors (Lipinski definition) is 5. The first-order valence-corrected chi connectivity index (χ1v) is 6.28. The number of halogens is 1. The van der Waals surface area contributed by atoms with Gasteiger partial charge in [0.05, 0.1) is 17.4 Å². The van der Waals surface area contributed by atoms with Gasteiger partial charge in [0.1, 0.15) is 0 Å². The van der Waals surface area contributed by atoms with E-state index in [2.05, 4.69) is 36.8 Å². The van der Waals surface area contributed by atoms with E-state index in [-0.39, 0.29) is 6.04 Å². The van der Waals surface area contributed by atoms with Crippen LogP contribution in [0.2, 0.25) is 0 Å². The van der Waals surface area contributed by atoms with Crippen molar-refractivity contribution in [3.05, 3.63) is 27.2 Å². The Labute approximate surface area is 113 Å². The summed E-state index contributed by atoms with van der Waals surface area (Å²) in [5.41, 5.74) is 6.73. The van der Waals surface area contributed by atoms with Gasteiger partial charge in [0, 0.05) is 25.4 Å². The second-order valence-corrected chi connectivity index (χ2v) is 4.95. The van der Waals surface area contributed by atoms with Gasteiger partial charge in [0.2, 0.25) is 0 Å². The first-order chi connectivity index (χ1) is 8.47. The fraction of sp³-hybridized carbons (Fsp3) is 0.500. The highest BCUT2D eigenvalue weighted by molar-refractivity contribution is 9.10. The van der Waals surface area contributed by atoms with Gasteiger partial charge >= 0.3 is 0 Å². The van der Waals surface area contributed by atoms with E-state index in [1.165, 1.54) is 0 Å². The summed E-state index contributed by atoms with van der Waals surface area (Å²) in [6.45, 7) is 3.97. The van der Waals surface area contributed by atoms with Gasteiger partial charge in [-0.15, -0.1) is 5.10 Å². The number of nitrogens with two attached hydrogens (primary N) is 1. The Bertz CT molecular complexity index is 552. The first-order valence-electron chi connectivity index (χ1n) is 5.48. The fourth-order valence-corrected chi connectivity index (χ4v) is 2.71. The molecular formula is C10H16BrN7. The quantitative estimate of drug-likeness (QED) is 0.636. The van der Waals surface area contributed by atoms with Gasteiger partial charge in [-0.25, -0.2) is 10.1 Å². The average Bonchev–Trinajstić information content (AvgIpc) is 2.76. The van der Waals surface area contributed by atoms with Crippen molar-refractivity contribution in [2.24, 2.45) is 19.9 Å². The van der Waals surface area contributed by atoms with Gasteiger partial charge in [0.15, 0.2) is 4.60 Å². The number of hydrogen-bond donors (Lipinski definition) is 2. The van der Waals surface area contributed by atoms with Crippen molar-refractivity contribution in [1.29, 1.82) is 0 Å². The largest absolute Gasteiger partial charge is 0.272 e. The molecule has 2 rings (SSSR count). The van der Waals surface area contributed by atoms with Crippen molar-refractivity contribution in [3.8, 4) is 0 Å². The Morgan fingerprint density at radius 2 is 1.94 bits per heavy atom. The minimum Gasteiger partial charge on any atom is -0.272 e. The van der Waals surface area contributed by atoms with Crippen LogP contribution in [-0.2, 0) is 14.1 Å². The molecule has 8 heteroatoms. The molecule has 1 atom stereocenters. The maximum absolute atomic E-state index is 5.70. The molecule has 2 heterocycles. The summed E-state index contributed by atoms with van der Waals surface area (Å²) in [5.74, 6) is 5.70. The second-order valence-electron chi connectivity index (χ2n) is 4.20. The Morgan fingerprint density at radius 1 is 1.28 bits per heavy atom. The van der Waals surface area contributed by atoms with Crippen LogP contribution in [0, 0.1) is 13.8 Å². The van der Waals surface area contributed by atoms with Crippen LogP contribution in [-0.4, -0.2) is 24.8 Å². The zero-order valence-electron chi connectivity index (χ0n) is 10.8. The van der Waals surface area contributed by atoms with Crippen LogP contribution in [0.25, 0.3) is 0 Å². The molecule has 2 aromatic rings.